The lowest BCUT2D eigenvalue weighted by atomic mass is 10.2. The number of aromatic nitrogens is 3. The molecule has 1 fully saturated rings. The lowest BCUT2D eigenvalue weighted by Crippen LogP contribution is -2.28. The summed E-state index contributed by atoms with van der Waals surface area (Å²) < 4.78 is 29.2. The van der Waals surface area contributed by atoms with Crippen molar-refractivity contribution < 1.29 is 13.2 Å². The second-order valence-electron chi connectivity index (χ2n) is 9.69. The fourth-order valence-corrected chi connectivity index (χ4v) is 6.94. The number of nitrogens with zero attached hydrogens (tertiary/aromatic N) is 5. The molecule has 11 heteroatoms. The summed E-state index contributed by atoms with van der Waals surface area (Å²) in [5, 5.41) is 12.1. The number of benzene rings is 2. The Bertz CT molecular complexity index is 1320. The van der Waals surface area contributed by atoms with Crippen molar-refractivity contribution in [2.45, 2.75) is 61.0 Å². The zero-order chi connectivity index (χ0) is 27.3. The molecule has 2 aromatic carbocycles. The first-order valence-electron chi connectivity index (χ1n) is 12.9. The van der Waals surface area contributed by atoms with Crippen LogP contribution in [0, 0.1) is 0 Å². The Morgan fingerprint density at radius 1 is 1.05 bits per heavy atom. The maximum absolute atomic E-state index is 13.1. The van der Waals surface area contributed by atoms with E-state index in [9.17, 15) is 13.2 Å². The molecule has 1 aliphatic rings. The summed E-state index contributed by atoms with van der Waals surface area (Å²) in [7, 11) is 0.566. The molecule has 9 nitrogen and oxygen atoms in total. The van der Waals surface area contributed by atoms with Crippen molar-refractivity contribution in [3.63, 3.8) is 0 Å². The van der Waals surface area contributed by atoms with E-state index in [2.05, 4.69) is 44.0 Å². The van der Waals surface area contributed by atoms with Crippen LogP contribution in [-0.4, -0.2) is 70.7 Å². The predicted octanol–water partition coefficient (Wildman–Crippen LogP) is 4.24. The SMILES string of the molecule is CC[C@H](c1nnc(S[C@@H](C)C(=O)Nc2ccc(S(=O)(=O)N3CCCC3)cc2)n1Cc1ccccc1)N(C)C. The van der Waals surface area contributed by atoms with Gasteiger partial charge in [-0.15, -0.1) is 10.2 Å². The Morgan fingerprint density at radius 2 is 1.71 bits per heavy atom. The molecule has 1 aromatic heterocycles. The largest absolute Gasteiger partial charge is 0.325 e. The van der Waals surface area contributed by atoms with Crippen molar-refractivity contribution >= 4 is 33.4 Å². The third kappa shape index (κ3) is 6.45. The standard InChI is InChI=1S/C27H36N6O3S2/c1-5-24(31(3)4)25-29-30-27(33(25)19-21-11-7-6-8-12-21)37-20(2)26(34)28-22-13-15-23(16-14-22)38(35,36)32-17-9-10-18-32/h6-8,11-16,20,24H,5,9-10,17-19H2,1-4H3,(H,28,34)/t20-,24+/m0/s1. The molecule has 0 unspecified atom stereocenters. The first-order chi connectivity index (χ1) is 18.2. The minimum absolute atomic E-state index is 0.0973. The van der Waals surface area contributed by atoms with Crippen LogP contribution < -0.4 is 5.32 Å². The highest BCUT2D eigenvalue weighted by Gasteiger charge is 2.28. The van der Waals surface area contributed by atoms with E-state index in [0.29, 0.717) is 30.5 Å². The van der Waals surface area contributed by atoms with Gasteiger partial charge in [0.1, 0.15) is 0 Å². The Labute approximate surface area is 229 Å². The third-order valence-electron chi connectivity index (χ3n) is 6.71. The molecule has 0 radical (unpaired) electrons. The van der Waals surface area contributed by atoms with Crippen LogP contribution in [0.15, 0.2) is 64.6 Å². The number of anilines is 1. The Kier molecular flexibility index (Phi) is 9.24. The van der Waals surface area contributed by atoms with E-state index in [-0.39, 0.29) is 16.8 Å². The van der Waals surface area contributed by atoms with Gasteiger partial charge in [-0.3, -0.25) is 9.69 Å². The Balaban J connectivity index is 1.48. The maximum Gasteiger partial charge on any atom is 0.243 e. The predicted molar refractivity (Wildman–Crippen MR) is 151 cm³/mol. The molecule has 0 saturated carbocycles. The van der Waals surface area contributed by atoms with Gasteiger partial charge >= 0.3 is 0 Å². The van der Waals surface area contributed by atoms with Crippen LogP contribution in [0.25, 0.3) is 0 Å². The van der Waals surface area contributed by atoms with Crippen molar-refractivity contribution in [2.24, 2.45) is 0 Å². The quantitative estimate of drug-likeness (QED) is 0.353. The highest BCUT2D eigenvalue weighted by molar-refractivity contribution is 8.00. The number of amides is 1. The van der Waals surface area contributed by atoms with Crippen LogP contribution in [0.3, 0.4) is 0 Å². The molecule has 2 atom stereocenters. The summed E-state index contributed by atoms with van der Waals surface area (Å²) in [6, 6.07) is 16.6. The van der Waals surface area contributed by atoms with Gasteiger partial charge in [0.25, 0.3) is 0 Å². The second-order valence-corrected chi connectivity index (χ2v) is 12.9. The highest BCUT2D eigenvalue weighted by Crippen LogP contribution is 2.29. The van der Waals surface area contributed by atoms with Gasteiger partial charge < -0.3 is 9.88 Å². The molecular formula is C27H36N6O3S2. The molecule has 3 aromatic rings. The number of nitrogens with one attached hydrogen (secondary N) is 1. The van der Waals surface area contributed by atoms with Crippen LogP contribution in [-0.2, 0) is 21.4 Å². The van der Waals surface area contributed by atoms with Gasteiger partial charge in [0.15, 0.2) is 11.0 Å². The summed E-state index contributed by atoms with van der Waals surface area (Å²) in [5.74, 6) is 0.673. The molecule has 1 aliphatic heterocycles. The maximum atomic E-state index is 13.1. The minimum Gasteiger partial charge on any atom is -0.325 e. The summed E-state index contributed by atoms with van der Waals surface area (Å²) in [6.45, 7) is 5.67. The monoisotopic (exact) mass is 556 g/mol. The van der Waals surface area contributed by atoms with E-state index in [4.69, 9.17) is 0 Å². The molecule has 0 bridgehead atoms. The molecule has 1 saturated heterocycles. The number of thioether (sulfide) groups is 1. The van der Waals surface area contributed by atoms with Gasteiger partial charge in [-0.05, 0) is 70.1 Å². The number of hydrogen-bond donors (Lipinski definition) is 1. The average Bonchev–Trinajstić information content (AvgIpc) is 3.57. The number of carbonyl (C=O) groups is 1. The first kappa shape index (κ1) is 28.3. The van der Waals surface area contributed by atoms with Gasteiger partial charge in [-0.1, -0.05) is 49.0 Å². The van der Waals surface area contributed by atoms with Crippen molar-refractivity contribution in [1.29, 1.82) is 0 Å². The van der Waals surface area contributed by atoms with Gasteiger partial charge in [0, 0.05) is 18.8 Å². The fraction of sp³-hybridized carbons (Fsp3) is 0.444. The zero-order valence-corrected chi connectivity index (χ0v) is 24.0. The van der Waals surface area contributed by atoms with E-state index in [1.165, 1.54) is 16.1 Å². The fourth-order valence-electron chi connectivity index (χ4n) is 4.57. The van der Waals surface area contributed by atoms with Crippen LogP contribution in [0.4, 0.5) is 5.69 Å². The van der Waals surface area contributed by atoms with Crippen LogP contribution in [0.1, 0.15) is 50.5 Å². The Hall–Kier alpha value is -2.73. The molecule has 4 rings (SSSR count). The molecule has 1 amide bonds. The van der Waals surface area contributed by atoms with E-state index in [1.807, 2.05) is 39.2 Å². The number of sulfonamides is 1. The molecular weight excluding hydrogens is 520 g/mol. The summed E-state index contributed by atoms with van der Waals surface area (Å²) in [6.07, 6.45) is 2.65. The van der Waals surface area contributed by atoms with Gasteiger partial charge in [0.05, 0.1) is 22.7 Å². The van der Waals surface area contributed by atoms with Crippen molar-refractivity contribution in [3.05, 3.63) is 66.0 Å². The van der Waals surface area contributed by atoms with Crippen LogP contribution in [0.5, 0.6) is 0 Å². The summed E-state index contributed by atoms with van der Waals surface area (Å²) in [5.41, 5.74) is 1.68. The van der Waals surface area contributed by atoms with E-state index >= 15 is 0 Å². The number of rotatable bonds is 11. The highest BCUT2D eigenvalue weighted by atomic mass is 32.2. The lowest BCUT2D eigenvalue weighted by Gasteiger charge is -2.23. The van der Waals surface area contributed by atoms with Crippen molar-refractivity contribution in [2.75, 3.05) is 32.5 Å². The van der Waals surface area contributed by atoms with Gasteiger partial charge in [-0.2, -0.15) is 4.31 Å². The van der Waals surface area contributed by atoms with Crippen molar-refractivity contribution in [3.8, 4) is 0 Å². The van der Waals surface area contributed by atoms with Crippen LogP contribution in [0.2, 0.25) is 0 Å². The lowest BCUT2D eigenvalue weighted by molar-refractivity contribution is -0.115. The van der Waals surface area contributed by atoms with Crippen LogP contribution >= 0.6 is 11.8 Å². The van der Waals surface area contributed by atoms with E-state index in [0.717, 1.165) is 30.7 Å². The summed E-state index contributed by atoms with van der Waals surface area (Å²) >= 11 is 1.36. The summed E-state index contributed by atoms with van der Waals surface area (Å²) in [4.78, 5) is 15.4. The van der Waals surface area contributed by atoms with Gasteiger partial charge in [-0.25, -0.2) is 8.42 Å². The molecule has 204 valence electrons. The molecule has 1 N–H and O–H groups in total. The topological polar surface area (TPSA) is 100 Å². The molecule has 2 heterocycles. The molecule has 0 spiro atoms. The van der Waals surface area contributed by atoms with Gasteiger partial charge in [0.2, 0.25) is 15.9 Å². The smallest absolute Gasteiger partial charge is 0.243 e. The normalized spacial score (nSPS) is 16.0. The Morgan fingerprint density at radius 3 is 2.32 bits per heavy atom. The average molecular weight is 557 g/mol. The zero-order valence-electron chi connectivity index (χ0n) is 22.4. The number of carbonyl (C=O) groups excluding carboxylic acids is 1. The molecule has 38 heavy (non-hydrogen) atoms. The van der Waals surface area contributed by atoms with E-state index < -0.39 is 15.3 Å². The second kappa shape index (κ2) is 12.4. The van der Waals surface area contributed by atoms with Crippen molar-refractivity contribution in [1.82, 2.24) is 24.0 Å². The molecule has 0 aliphatic carbocycles. The third-order valence-corrected chi connectivity index (χ3v) is 9.71. The first-order valence-corrected chi connectivity index (χ1v) is 15.2. The minimum atomic E-state index is -3.49. The van der Waals surface area contributed by atoms with E-state index in [1.54, 1.807) is 24.3 Å². The number of hydrogen-bond acceptors (Lipinski definition) is 7.